The first-order valence-corrected chi connectivity index (χ1v) is 6.59. The van der Waals surface area contributed by atoms with E-state index in [1.54, 1.807) is 6.20 Å². The average molecular weight is 250 g/mol. The molecule has 0 aliphatic carbocycles. The van der Waals surface area contributed by atoms with Gasteiger partial charge in [-0.05, 0) is 40.5 Å². The van der Waals surface area contributed by atoms with E-state index in [1.165, 1.54) is 12.8 Å². The van der Waals surface area contributed by atoms with E-state index in [0.29, 0.717) is 17.9 Å². The predicted molar refractivity (Wildman–Crippen MR) is 71.4 cm³/mol. The Bertz CT molecular complexity index is 418. The fourth-order valence-corrected chi connectivity index (χ4v) is 2.81. The van der Waals surface area contributed by atoms with Gasteiger partial charge in [-0.25, -0.2) is 0 Å². The van der Waals surface area contributed by atoms with Crippen LogP contribution in [-0.4, -0.2) is 39.1 Å². The summed E-state index contributed by atoms with van der Waals surface area (Å²) in [6.07, 6.45) is 4.05. The number of hydrogen-bond donors (Lipinski definition) is 2. The number of likely N-dealkylation sites (tertiary alicyclic amines) is 1. The molecule has 0 bridgehead atoms. The number of anilines is 1. The van der Waals surface area contributed by atoms with Gasteiger partial charge in [0, 0.05) is 17.6 Å². The monoisotopic (exact) mass is 250 g/mol. The van der Waals surface area contributed by atoms with Crippen LogP contribution in [0.2, 0.25) is 0 Å². The predicted octanol–water partition coefficient (Wildman–Crippen LogP) is 1.92. The number of hydrogen-bond acceptors (Lipinski definition) is 3. The summed E-state index contributed by atoms with van der Waals surface area (Å²) in [5.74, 6) is 0.731. The Labute approximate surface area is 108 Å². The highest BCUT2D eigenvalue weighted by Crippen LogP contribution is 2.26. The van der Waals surface area contributed by atoms with Crippen LogP contribution in [-0.2, 0) is 4.79 Å². The van der Waals surface area contributed by atoms with E-state index in [0.717, 1.165) is 5.56 Å². The number of rotatable bonds is 3. The quantitative estimate of drug-likeness (QED) is 0.861. The Hall–Kier alpha value is -1.36. The van der Waals surface area contributed by atoms with Crippen molar-refractivity contribution in [1.82, 2.24) is 15.1 Å². The summed E-state index contributed by atoms with van der Waals surface area (Å²) in [6.45, 7) is 8.27. The molecule has 1 aliphatic rings. The second-order valence-corrected chi connectivity index (χ2v) is 5.32. The molecular weight excluding hydrogens is 228 g/mol. The number of nitrogens with one attached hydrogen (secondary N) is 2. The summed E-state index contributed by atoms with van der Waals surface area (Å²) >= 11 is 0. The van der Waals surface area contributed by atoms with Crippen LogP contribution in [0.1, 0.15) is 39.2 Å². The Morgan fingerprint density at radius 3 is 2.61 bits per heavy atom. The fraction of sp³-hybridized carbons (Fsp3) is 0.692. The molecule has 2 heterocycles. The molecule has 0 spiro atoms. The third-order valence-corrected chi connectivity index (χ3v) is 3.92. The van der Waals surface area contributed by atoms with Gasteiger partial charge in [-0.1, -0.05) is 0 Å². The number of amides is 1. The van der Waals surface area contributed by atoms with Crippen molar-refractivity contribution < 1.29 is 4.79 Å². The van der Waals surface area contributed by atoms with Crippen molar-refractivity contribution >= 4 is 11.7 Å². The molecule has 1 aromatic heterocycles. The standard InChI is InChI=1S/C13H22N4O/c1-8-7-14-16-12(8)15-13(18)11(4)17-9(2)5-6-10(17)3/h7,9-11H,5-6H2,1-4H3,(H2,14,15,16,18). The molecular formula is C13H22N4O. The minimum absolute atomic E-state index is 0.0305. The summed E-state index contributed by atoms with van der Waals surface area (Å²) in [5.41, 5.74) is 0.957. The first-order chi connectivity index (χ1) is 8.50. The van der Waals surface area contributed by atoms with Crippen molar-refractivity contribution in [2.24, 2.45) is 0 Å². The first kappa shape index (κ1) is 13.1. The third kappa shape index (κ3) is 2.41. The number of carbonyl (C=O) groups is 1. The molecule has 0 radical (unpaired) electrons. The van der Waals surface area contributed by atoms with Crippen molar-refractivity contribution in [3.8, 4) is 0 Å². The molecule has 1 saturated heterocycles. The Morgan fingerprint density at radius 2 is 2.11 bits per heavy atom. The molecule has 5 nitrogen and oxygen atoms in total. The molecule has 1 aliphatic heterocycles. The number of aromatic nitrogens is 2. The van der Waals surface area contributed by atoms with Crippen LogP contribution in [0.15, 0.2) is 6.20 Å². The van der Waals surface area contributed by atoms with Crippen molar-refractivity contribution in [1.29, 1.82) is 0 Å². The number of aryl methyl sites for hydroxylation is 1. The summed E-state index contributed by atoms with van der Waals surface area (Å²) in [6, 6.07) is 0.840. The molecule has 0 saturated carbocycles. The SMILES string of the molecule is Cc1cn[nH]c1NC(=O)C(C)N1C(C)CCC1C. The lowest BCUT2D eigenvalue weighted by Crippen LogP contribution is -2.47. The largest absolute Gasteiger partial charge is 0.309 e. The highest BCUT2D eigenvalue weighted by atomic mass is 16.2. The molecule has 100 valence electrons. The van der Waals surface area contributed by atoms with Crippen LogP contribution >= 0.6 is 0 Å². The second kappa shape index (κ2) is 5.10. The van der Waals surface area contributed by atoms with Gasteiger partial charge < -0.3 is 5.32 Å². The topological polar surface area (TPSA) is 61.0 Å². The van der Waals surface area contributed by atoms with Gasteiger partial charge in [-0.3, -0.25) is 14.8 Å². The van der Waals surface area contributed by atoms with Gasteiger partial charge in [0.15, 0.2) is 0 Å². The number of carbonyl (C=O) groups excluding carboxylic acids is 1. The normalized spacial score (nSPS) is 26.2. The van der Waals surface area contributed by atoms with E-state index in [-0.39, 0.29) is 11.9 Å². The Balaban J connectivity index is 2.03. The molecule has 1 amide bonds. The Kier molecular flexibility index (Phi) is 3.71. The summed E-state index contributed by atoms with van der Waals surface area (Å²) in [7, 11) is 0. The number of nitrogens with zero attached hydrogens (tertiary/aromatic N) is 2. The molecule has 1 fully saturated rings. The van der Waals surface area contributed by atoms with Crippen molar-refractivity contribution in [2.45, 2.75) is 58.7 Å². The molecule has 5 heteroatoms. The molecule has 1 aromatic rings. The molecule has 18 heavy (non-hydrogen) atoms. The van der Waals surface area contributed by atoms with E-state index in [9.17, 15) is 4.79 Å². The smallest absolute Gasteiger partial charge is 0.242 e. The van der Waals surface area contributed by atoms with Gasteiger partial charge in [0.05, 0.1) is 12.2 Å². The second-order valence-electron chi connectivity index (χ2n) is 5.32. The summed E-state index contributed by atoms with van der Waals surface area (Å²) in [4.78, 5) is 14.5. The lowest BCUT2D eigenvalue weighted by atomic mass is 10.2. The maximum Gasteiger partial charge on any atom is 0.242 e. The number of H-pyrrole nitrogens is 1. The molecule has 2 N–H and O–H groups in total. The van der Waals surface area contributed by atoms with Crippen molar-refractivity contribution in [2.75, 3.05) is 5.32 Å². The van der Waals surface area contributed by atoms with Gasteiger partial charge in [0.2, 0.25) is 5.91 Å². The van der Waals surface area contributed by atoms with E-state index in [1.807, 2.05) is 13.8 Å². The minimum Gasteiger partial charge on any atom is -0.309 e. The van der Waals surface area contributed by atoms with Gasteiger partial charge in [-0.2, -0.15) is 5.10 Å². The zero-order valence-electron chi connectivity index (χ0n) is 11.5. The highest BCUT2D eigenvalue weighted by molar-refractivity contribution is 5.94. The summed E-state index contributed by atoms with van der Waals surface area (Å²) in [5, 5.41) is 9.62. The van der Waals surface area contributed by atoms with E-state index in [2.05, 4.69) is 34.3 Å². The zero-order valence-corrected chi connectivity index (χ0v) is 11.5. The Morgan fingerprint density at radius 1 is 1.50 bits per heavy atom. The molecule has 3 atom stereocenters. The van der Waals surface area contributed by atoms with Gasteiger partial charge in [0.1, 0.15) is 5.82 Å². The maximum atomic E-state index is 12.2. The van der Waals surface area contributed by atoms with Gasteiger partial charge in [0.25, 0.3) is 0 Å². The first-order valence-electron chi connectivity index (χ1n) is 6.59. The highest BCUT2D eigenvalue weighted by Gasteiger charge is 2.34. The van der Waals surface area contributed by atoms with Crippen molar-refractivity contribution in [3.63, 3.8) is 0 Å². The van der Waals surface area contributed by atoms with Crippen LogP contribution in [0.4, 0.5) is 5.82 Å². The lowest BCUT2D eigenvalue weighted by molar-refractivity contribution is -0.121. The number of aromatic amines is 1. The maximum absolute atomic E-state index is 12.2. The lowest BCUT2D eigenvalue weighted by Gasteiger charge is -2.31. The molecule has 2 rings (SSSR count). The third-order valence-electron chi connectivity index (χ3n) is 3.92. The van der Waals surface area contributed by atoms with Crippen LogP contribution in [0.3, 0.4) is 0 Å². The molecule has 3 unspecified atom stereocenters. The summed E-state index contributed by atoms with van der Waals surface area (Å²) < 4.78 is 0. The van der Waals surface area contributed by atoms with Gasteiger partial charge in [-0.15, -0.1) is 0 Å². The minimum atomic E-state index is -0.111. The zero-order chi connectivity index (χ0) is 13.3. The fourth-order valence-electron chi connectivity index (χ4n) is 2.81. The van der Waals surface area contributed by atoms with Crippen LogP contribution in [0.25, 0.3) is 0 Å². The van der Waals surface area contributed by atoms with Crippen LogP contribution in [0.5, 0.6) is 0 Å². The van der Waals surface area contributed by atoms with E-state index < -0.39 is 0 Å². The van der Waals surface area contributed by atoms with Gasteiger partial charge >= 0.3 is 0 Å². The van der Waals surface area contributed by atoms with Crippen LogP contribution < -0.4 is 5.32 Å². The van der Waals surface area contributed by atoms with Crippen molar-refractivity contribution in [3.05, 3.63) is 11.8 Å². The van der Waals surface area contributed by atoms with E-state index in [4.69, 9.17) is 0 Å². The van der Waals surface area contributed by atoms with E-state index >= 15 is 0 Å². The molecule has 0 aromatic carbocycles. The van der Waals surface area contributed by atoms with Crippen LogP contribution in [0, 0.1) is 6.92 Å². The average Bonchev–Trinajstić information content (AvgIpc) is 2.86.